The Morgan fingerprint density at radius 2 is 2.29 bits per heavy atom. The Kier molecular flexibility index (Phi) is 4.17. The maximum Gasteiger partial charge on any atom is 0.193 e. The number of rotatable bonds is 4. The maximum absolute atomic E-state index is 4.79. The average Bonchev–Trinajstić information content (AvgIpc) is 3.04. The van der Waals surface area contributed by atoms with Gasteiger partial charge in [-0.05, 0) is 44.1 Å². The molecule has 3 rings (SSSR count). The van der Waals surface area contributed by atoms with Crippen molar-refractivity contribution < 1.29 is 0 Å². The zero-order chi connectivity index (χ0) is 14.7. The third-order valence-corrected chi connectivity index (χ3v) is 4.84. The minimum Gasteiger partial charge on any atom is -0.357 e. The first kappa shape index (κ1) is 14.4. The SMILES string of the molecule is CCNC(=NCCn1cc(C)cn1)N1CCC2(CCC2)C1. The van der Waals surface area contributed by atoms with E-state index in [0.29, 0.717) is 5.41 Å². The lowest BCUT2D eigenvalue weighted by Crippen LogP contribution is -2.42. The molecule has 1 aromatic heterocycles. The molecule has 1 aliphatic carbocycles. The van der Waals surface area contributed by atoms with Gasteiger partial charge >= 0.3 is 0 Å². The van der Waals surface area contributed by atoms with Crippen molar-refractivity contribution in [2.75, 3.05) is 26.2 Å². The molecule has 5 heteroatoms. The summed E-state index contributed by atoms with van der Waals surface area (Å²) in [5.74, 6) is 1.09. The summed E-state index contributed by atoms with van der Waals surface area (Å²) in [6.45, 7) is 9.13. The minimum atomic E-state index is 0.620. The first-order chi connectivity index (χ1) is 10.2. The lowest BCUT2D eigenvalue weighted by atomic mass is 9.68. The third kappa shape index (κ3) is 3.22. The van der Waals surface area contributed by atoms with Crippen LogP contribution >= 0.6 is 0 Å². The van der Waals surface area contributed by atoms with Crippen LogP contribution in [0.25, 0.3) is 0 Å². The molecule has 21 heavy (non-hydrogen) atoms. The van der Waals surface area contributed by atoms with Crippen LogP contribution in [0, 0.1) is 12.3 Å². The molecule has 0 unspecified atom stereocenters. The van der Waals surface area contributed by atoms with Gasteiger partial charge in [0.05, 0.1) is 19.3 Å². The summed E-state index contributed by atoms with van der Waals surface area (Å²) in [5, 5.41) is 7.76. The van der Waals surface area contributed by atoms with E-state index in [9.17, 15) is 0 Å². The van der Waals surface area contributed by atoms with Gasteiger partial charge in [-0.3, -0.25) is 9.67 Å². The highest BCUT2D eigenvalue weighted by molar-refractivity contribution is 5.80. The highest BCUT2D eigenvalue weighted by Crippen LogP contribution is 2.47. The van der Waals surface area contributed by atoms with Crippen molar-refractivity contribution in [1.82, 2.24) is 20.0 Å². The van der Waals surface area contributed by atoms with Gasteiger partial charge in [-0.25, -0.2) is 0 Å². The lowest BCUT2D eigenvalue weighted by molar-refractivity contribution is 0.151. The second-order valence-corrected chi connectivity index (χ2v) is 6.54. The Morgan fingerprint density at radius 1 is 1.43 bits per heavy atom. The largest absolute Gasteiger partial charge is 0.357 e. The van der Waals surface area contributed by atoms with Crippen LogP contribution in [0.4, 0.5) is 0 Å². The third-order valence-electron chi connectivity index (χ3n) is 4.84. The number of hydrogen-bond donors (Lipinski definition) is 1. The fourth-order valence-corrected chi connectivity index (χ4v) is 3.47. The van der Waals surface area contributed by atoms with Gasteiger partial charge in [0.15, 0.2) is 5.96 Å². The van der Waals surface area contributed by atoms with Crippen LogP contribution in [0.3, 0.4) is 0 Å². The van der Waals surface area contributed by atoms with E-state index in [0.717, 1.165) is 32.1 Å². The van der Waals surface area contributed by atoms with Crippen LogP contribution < -0.4 is 5.32 Å². The molecule has 0 radical (unpaired) electrons. The number of nitrogens with zero attached hydrogens (tertiary/aromatic N) is 4. The van der Waals surface area contributed by atoms with Crippen LogP contribution in [0.5, 0.6) is 0 Å². The first-order valence-corrected chi connectivity index (χ1v) is 8.23. The van der Waals surface area contributed by atoms with Crippen LogP contribution in [0.15, 0.2) is 17.4 Å². The second kappa shape index (κ2) is 6.08. The zero-order valence-corrected chi connectivity index (χ0v) is 13.3. The lowest BCUT2D eigenvalue weighted by Gasteiger charge is -2.38. The monoisotopic (exact) mass is 289 g/mol. The van der Waals surface area contributed by atoms with Crippen LogP contribution in [-0.2, 0) is 6.54 Å². The van der Waals surface area contributed by atoms with E-state index < -0.39 is 0 Å². The Labute approximate surface area is 127 Å². The Hall–Kier alpha value is -1.52. The molecule has 116 valence electrons. The van der Waals surface area contributed by atoms with E-state index in [1.54, 1.807) is 0 Å². The van der Waals surface area contributed by atoms with E-state index >= 15 is 0 Å². The molecular formula is C16H27N5. The van der Waals surface area contributed by atoms with Gasteiger partial charge in [-0.2, -0.15) is 5.10 Å². The second-order valence-electron chi connectivity index (χ2n) is 6.54. The molecule has 1 N–H and O–H groups in total. The molecule has 0 amide bonds. The van der Waals surface area contributed by atoms with Gasteiger partial charge in [0.2, 0.25) is 0 Å². The minimum absolute atomic E-state index is 0.620. The van der Waals surface area contributed by atoms with E-state index in [1.807, 2.05) is 10.9 Å². The molecule has 0 bridgehead atoms. The van der Waals surface area contributed by atoms with Crippen LogP contribution in [0.2, 0.25) is 0 Å². The van der Waals surface area contributed by atoms with Crippen LogP contribution in [-0.4, -0.2) is 46.8 Å². The Bertz CT molecular complexity index is 501. The molecule has 1 aromatic rings. The van der Waals surface area contributed by atoms with Crippen molar-refractivity contribution in [3.63, 3.8) is 0 Å². The summed E-state index contributed by atoms with van der Waals surface area (Å²) in [5.41, 5.74) is 1.83. The molecular weight excluding hydrogens is 262 g/mol. The molecule has 1 saturated carbocycles. The first-order valence-electron chi connectivity index (χ1n) is 8.23. The Balaban J connectivity index is 1.57. The van der Waals surface area contributed by atoms with Crippen molar-refractivity contribution in [3.05, 3.63) is 18.0 Å². The van der Waals surface area contributed by atoms with Gasteiger partial charge < -0.3 is 10.2 Å². The number of likely N-dealkylation sites (tertiary alicyclic amines) is 1. The van der Waals surface area contributed by atoms with Crippen LogP contribution in [0.1, 0.15) is 38.2 Å². The molecule has 5 nitrogen and oxygen atoms in total. The number of aliphatic imine (C=N–C) groups is 1. The topological polar surface area (TPSA) is 45.5 Å². The molecule has 1 saturated heterocycles. The standard InChI is InChI=1S/C16H27N5/c1-3-17-15(18-8-10-21-12-14(2)11-19-21)20-9-7-16(13-20)5-4-6-16/h11-12H,3-10,13H2,1-2H3,(H,17,18). The van der Waals surface area contributed by atoms with Gasteiger partial charge in [0.1, 0.15) is 0 Å². The summed E-state index contributed by atoms with van der Waals surface area (Å²) in [4.78, 5) is 7.25. The van der Waals surface area contributed by atoms with E-state index in [4.69, 9.17) is 4.99 Å². The molecule has 0 atom stereocenters. The number of nitrogens with one attached hydrogen (secondary N) is 1. The Morgan fingerprint density at radius 3 is 2.86 bits per heavy atom. The fraction of sp³-hybridized carbons (Fsp3) is 0.750. The van der Waals surface area contributed by atoms with Crippen molar-refractivity contribution in [2.24, 2.45) is 10.4 Å². The highest BCUT2D eigenvalue weighted by atomic mass is 15.3. The average molecular weight is 289 g/mol. The van der Waals surface area contributed by atoms with Crippen molar-refractivity contribution in [1.29, 1.82) is 0 Å². The molecule has 2 fully saturated rings. The number of aryl methyl sites for hydroxylation is 1. The molecule has 0 aromatic carbocycles. The van der Waals surface area contributed by atoms with Gasteiger partial charge in [-0.1, -0.05) is 6.42 Å². The smallest absolute Gasteiger partial charge is 0.193 e. The number of guanidine groups is 1. The molecule has 2 aliphatic rings. The fourth-order valence-electron chi connectivity index (χ4n) is 3.47. The maximum atomic E-state index is 4.79. The number of aromatic nitrogens is 2. The predicted molar refractivity (Wildman–Crippen MR) is 85.4 cm³/mol. The van der Waals surface area contributed by atoms with Crippen molar-refractivity contribution in [2.45, 2.75) is 46.1 Å². The van der Waals surface area contributed by atoms with E-state index in [2.05, 4.69) is 35.4 Å². The van der Waals surface area contributed by atoms with Gasteiger partial charge in [0.25, 0.3) is 0 Å². The summed E-state index contributed by atoms with van der Waals surface area (Å²) >= 11 is 0. The molecule has 1 aliphatic heterocycles. The summed E-state index contributed by atoms with van der Waals surface area (Å²) in [6, 6.07) is 0. The quantitative estimate of drug-likeness (QED) is 0.681. The van der Waals surface area contributed by atoms with Crippen molar-refractivity contribution >= 4 is 5.96 Å². The number of hydrogen-bond acceptors (Lipinski definition) is 2. The van der Waals surface area contributed by atoms with E-state index in [1.165, 1.54) is 37.8 Å². The predicted octanol–water partition coefficient (Wildman–Crippen LogP) is 2.03. The summed E-state index contributed by atoms with van der Waals surface area (Å²) < 4.78 is 1.97. The summed E-state index contributed by atoms with van der Waals surface area (Å²) in [7, 11) is 0. The van der Waals surface area contributed by atoms with Crippen molar-refractivity contribution in [3.8, 4) is 0 Å². The molecule has 2 heterocycles. The van der Waals surface area contributed by atoms with Gasteiger partial charge in [0, 0.05) is 25.8 Å². The van der Waals surface area contributed by atoms with Gasteiger partial charge in [-0.15, -0.1) is 0 Å². The summed E-state index contributed by atoms with van der Waals surface area (Å²) in [6.07, 6.45) is 9.55. The van der Waals surface area contributed by atoms with E-state index in [-0.39, 0.29) is 0 Å². The molecule has 1 spiro atoms. The highest BCUT2D eigenvalue weighted by Gasteiger charge is 2.43. The zero-order valence-electron chi connectivity index (χ0n) is 13.3. The normalized spacial score (nSPS) is 20.9.